The number of furan rings is 1. The first-order valence-electron chi connectivity index (χ1n) is 8.63. The van der Waals surface area contributed by atoms with Gasteiger partial charge in [0.25, 0.3) is 0 Å². The van der Waals surface area contributed by atoms with Crippen LogP contribution in [-0.4, -0.2) is 23.3 Å². The van der Waals surface area contributed by atoms with E-state index in [1.54, 1.807) is 4.90 Å². The molecule has 1 aromatic carbocycles. The molecule has 26 heavy (non-hydrogen) atoms. The summed E-state index contributed by atoms with van der Waals surface area (Å²) in [5.41, 5.74) is 1.49. The highest BCUT2D eigenvalue weighted by atomic mass is 32.1. The minimum absolute atomic E-state index is 0.105. The van der Waals surface area contributed by atoms with E-state index in [9.17, 15) is 9.59 Å². The predicted octanol–water partition coefficient (Wildman–Crippen LogP) is 3.44. The highest BCUT2D eigenvalue weighted by molar-refractivity contribution is 7.14. The third kappa shape index (κ3) is 3.35. The molecule has 0 radical (unpaired) electrons. The minimum atomic E-state index is -0.229. The maximum atomic E-state index is 12.3. The molecule has 3 heterocycles. The number of benzene rings is 1. The van der Waals surface area contributed by atoms with Crippen molar-refractivity contribution < 1.29 is 14.0 Å². The van der Waals surface area contributed by atoms with Crippen LogP contribution in [0.3, 0.4) is 0 Å². The lowest BCUT2D eigenvalue weighted by Crippen LogP contribution is -2.28. The molecule has 2 amide bonds. The van der Waals surface area contributed by atoms with E-state index in [4.69, 9.17) is 4.42 Å². The van der Waals surface area contributed by atoms with Gasteiger partial charge < -0.3 is 9.73 Å². The molecule has 1 unspecified atom stereocenters. The van der Waals surface area contributed by atoms with Crippen molar-refractivity contribution in [3.8, 4) is 0 Å². The molecule has 1 aliphatic heterocycles. The van der Waals surface area contributed by atoms with Gasteiger partial charge in [-0.1, -0.05) is 18.2 Å². The zero-order chi connectivity index (χ0) is 18.1. The molecule has 1 aliphatic rings. The van der Waals surface area contributed by atoms with Gasteiger partial charge in [-0.3, -0.25) is 14.5 Å². The third-order valence-electron chi connectivity index (χ3n) is 4.43. The van der Waals surface area contributed by atoms with E-state index < -0.39 is 0 Å². The highest BCUT2D eigenvalue weighted by Gasteiger charge is 2.24. The van der Waals surface area contributed by atoms with Gasteiger partial charge in [-0.15, -0.1) is 11.3 Å². The van der Waals surface area contributed by atoms with Crippen molar-refractivity contribution in [2.24, 2.45) is 0 Å². The van der Waals surface area contributed by atoms with Crippen LogP contribution in [0.2, 0.25) is 0 Å². The van der Waals surface area contributed by atoms with Crippen molar-refractivity contribution >= 4 is 39.3 Å². The second-order valence-electron chi connectivity index (χ2n) is 6.42. The van der Waals surface area contributed by atoms with E-state index in [1.165, 1.54) is 11.3 Å². The summed E-state index contributed by atoms with van der Waals surface area (Å²) in [6.07, 6.45) is 1.62. The van der Waals surface area contributed by atoms with Crippen LogP contribution >= 0.6 is 11.3 Å². The molecule has 0 saturated carbocycles. The quantitative estimate of drug-likeness (QED) is 0.747. The van der Waals surface area contributed by atoms with Crippen LogP contribution in [0.1, 0.15) is 37.3 Å². The van der Waals surface area contributed by atoms with E-state index in [-0.39, 0.29) is 24.3 Å². The first-order valence-corrected chi connectivity index (χ1v) is 9.51. The number of nitrogens with one attached hydrogen (secondary N) is 1. The average molecular weight is 369 g/mol. The van der Waals surface area contributed by atoms with E-state index in [1.807, 2.05) is 42.6 Å². The van der Waals surface area contributed by atoms with E-state index >= 15 is 0 Å². The first kappa shape index (κ1) is 16.8. The summed E-state index contributed by atoms with van der Waals surface area (Å²) in [6.45, 7) is 2.60. The molecule has 0 spiro atoms. The maximum absolute atomic E-state index is 12.3. The molecule has 0 bridgehead atoms. The summed E-state index contributed by atoms with van der Waals surface area (Å²) < 4.78 is 5.79. The monoisotopic (exact) mass is 369 g/mol. The fraction of sp³-hybridized carbons (Fsp3) is 0.316. The number of anilines is 1. The summed E-state index contributed by atoms with van der Waals surface area (Å²) in [4.78, 5) is 30.3. The number of fused-ring (bicyclic) bond motifs is 1. The number of para-hydroxylation sites is 1. The van der Waals surface area contributed by atoms with Gasteiger partial charge in [-0.25, -0.2) is 4.98 Å². The SMILES string of the molecule is CC(NC(=O)Cc1csc(N2CCCC2=O)n1)c1cc2ccccc2o1. The predicted molar refractivity (Wildman–Crippen MR) is 100 cm³/mol. The molecule has 1 fully saturated rings. The van der Waals surface area contributed by atoms with Gasteiger partial charge in [-0.2, -0.15) is 0 Å². The average Bonchev–Trinajstić information content (AvgIpc) is 3.33. The Morgan fingerprint density at radius 1 is 1.42 bits per heavy atom. The lowest BCUT2D eigenvalue weighted by atomic mass is 10.2. The number of thiazole rings is 1. The van der Waals surface area contributed by atoms with Crippen LogP contribution in [-0.2, 0) is 16.0 Å². The first-order chi connectivity index (χ1) is 12.6. The number of nitrogens with zero attached hydrogens (tertiary/aromatic N) is 2. The molecule has 0 aliphatic carbocycles. The molecule has 3 aromatic rings. The Labute approximate surface area is 154 Å². The molecule has 4 rings (SSSR count). The molecule has 7 heteroatoms. The van der Waals surface area contributed by atoms with Gasteiger partial charge in [-0.05, 0) is 25.5 Å². The van der Waals surface area contributed by atoms with Gasteiger partial charge in [0.1, 0.15) is 11.3 Å². The lowest BCUT2D eigenvalue weighted by molar-refractivity contribution is -0.121. The molecule has 134 valence electrons. The summed E-state index contributed by atoms with van der Waals surface area (Å²) in [7, 11) is 0. The number of hydrogen-bond acceptors (Lipinski definition) is 5. The van der Waals surface area contributed by atoms with Gasteiger partial charge in [0.15, 0.2) is 5.13 Å². The standard InChI is InChI=1S/C19H19N3O3S/c1-12(16-9-13-5-2-3-6-15(13)25-16)20-17(23)10-14-11-26-19(21-14)22-8-4-7-18(22)24/h2-3,5-6,9,11-12H,4,7-8,10H2,1H3,(H,20,23). The summed E-state index contributed by atoms with van der Waals surface area (Å²) in [5, 5.41) is 6.48. The molecule has 1 atom stereocenters. The normalized spacial score (nSPS) is 15.6. The van der Waals surface area contributed by atoms with Crippen LogP contribution in [0, 0.1) is 0 Å². The Bertz CT molecular complexity index is 929. The summed E-state index contributed by atoms with van der Waals surface area (Å²) >= 11 is 1.41. The van der Waals surface area contributed by atoms with Crippen molar-refractivity contribution in [1.29, 1.82) is 0 Å². The van der Waals surface area contributed by atoms with Crippen molar-refractivity contribution in [2.75, 3.05) is 11.4 Å². The van der Waals surface area contributed by atoms with Gasteiger partial charge in [0.2, 0.25) is 11.8 Å². The Hall–Kier alpha value is -2.67. The molecular weight excluding hydrogens is 350 g/mol. The number of amides is 2. The fourth-order valence-electron chi connectivity index (χ4n) is 3.10. The Kier molecular flexibility index (Phi) is 4.46. The molecule has 6 nitrogen and oxygen atoms in total. The van der Waals surface area contributed by atoms with Gasteiger partial charge >= 0.3 is 0 Å². The molecule has 1 N–H and O–H groups in total. The maximum Gasteiger partial charge on any atom is 0.228 e. The molecular formula is C19H19N3O3S. The summed E-state index contributed by atoms with van der Waals surface area (Å²) in [5.74, 6) is 0.706. The fourth-order valence-corrected chi connectivity index (χ4v) is 3.96. The molecule has 1 saturated heterocycles. The second-order valence-corrected chi connectivity index (χ2v) is 7.26. The van der Waals surface area contributed by atoms with Crippen molar-refractivity contribution in [2.45, 2.75) is 32.2 Å². The second kappa shape index (κ2) is 6.92. The van der Waals surface area contributed by atoms with Crippen molar-refractivity contribution in [1.82, 2.24) is 10.3 Å². The van der Waals surface area contributed by atoms with E-state index in [0.717, 1.165) is 23.2 Å². The Balaban J connectivity index is 1.39. The third-order valence-corrected chi connectivity index (χ3v) is 5.35. The topological polar surface area (TPSA) is 75.4 Å². The van der Waals surface area contributed by atoms with Crippen LogP contribution in [0.15, 0.2) is 40.1 Å². The van der Waals surface area contributed by atoms with Crippen molar-refractivity contribution in [3.05, 3.63) is 47.2 Å². The highest BCUT2D eigenvalue weighted by Crippen LogP contribution is 2.26. The molecule has 2 aromatic heterocycles. The van der Waals surface area contributed by atoms with Crippen LogP contribution in [0.25, 0.3) is 11.0 Å². The van der Waals surface area contributed by atoms with E-state index in [2.05, 4.69) is 10.3 Å². The largest absolute Gasteiger partial charge is 0.459 e. The lowest BCUT2D eigenvalue weighted by Gasteiger charge is -2.11. The van der Waals surface area contributed by atoms with Gasteiger partial charge in [0.05, 0.1) is 18.2 Å². The zero-order valence-corrected chi connectivity index (χ0v) is 15.2. The van der Waals surface area contributed by atoms with Crippen molar-refractivity contribution in [3.63, 3.8) is 0 Å². The number of rotatable bonds is 5. The van der Waals surface area contributed by atoms with Crippen LogP contribution in [0.4, 0.5) is 5.13 Å². The number of carbonyl (C=O) groups is 2. The number of carbonyl (C=O) groups excluding carboxylic acids is 2. The smallest absolute Gasteiger partial charge is 0.228 e. The number of aromatic nitrogens is 1. The van der Waals surface area contributed by atoms with E-state index in [0.29, 0.717) is 23.8 Å². The Morgan fingerprint density at radius 3 is 3.04 bits per heavy atom. The van der Waals surface area contributed by atoms with Crippen LogP contribution < -0.4 is 10.2 Å². The zero-order valence-electron chi connectivity index (χ0n) is 14.4. The van der Waals surface area contributed by atoms with Crippen LogP contribution in [0.5, 0.6) is 0 Å². The summed E-state index contributed by atoms with van der Waals surface area (Å²) in [6, 6.07) is 9.48. The number of hydrogen-bond donors (Lipinski definition) is 1. The Morgan fingerprint density at radius 2 is 2.27 bits per heavy atom. The van der Waals surface area contributed by atoms with Gasteiger partial charge in [0, 0.05) is 23.7 Å². The minimum Gasteiger partial charge on any atom is -0.459 e.